The first kappa shape index (κ1) is 18.1. The first-order valence-corrected chi connectivity index (χ1v) is 11.1. The Morgan fingerprint density at radius 2 is 2.00 bits per heavy atom. The smallest absolute Gasteiger partial charge is 0.255 e. The topological polar surface area (TPSA) is 88.2 Å². The van der Waals surface area contributed by atoms with Crippen LogP contribution in [0.3, 0.4) is 0 Å². The molecule has 2 saturated heterocycles. The van der Waals surface area contributed by atoms with Crippen LogP contribution in [-0.4, -0.2) is 59.8 Å². The minimum atomic E-state index is -1.96. The highest BCUT2D eigenvalue weighted by Crippen LogP contribution is 2.34. The summed E-state index contributed by atoms with van der Waals surface area (Å²) in [6, 6.07) is 1.51. The molecular formula is C25H26FN3O5. The van der Waals surface area contributed by atoms with Gasteiger partial charge in [-0.1, -0.05) is 24.2 Å². The summed E-state index contributed by atoms with van der Waals surface area (Å²) in [4.78, 5) is 40.2. The van der Waals surface area contributed by atoms with E-state index in [2.05, 4.69) is 5.32 Å². The molecule has 0 aromatic heterocycles. The molecule has 8 nitrogen and oxygen atoms in total. The monoisotopic (exact) mass is 471 g/mol. The average molecular weight is 472 g/mol. The molecule has 3 heterocycles. The third kappa shape index (κ3) is 4.41. The van der Waals surface area contributed by atoms with Gasteiger partial charge < -0.3 is 14.4 Å². The van der Waals surface area contributed by atoms with Crippen molar-refractivity contribution in [3.8, 4) is 5.75 Å². The van der Waals surface area contributed by atoms with Crippen molar-refractivity contribution in [3.63, 3.8) is 0 Å². The summed E-state index contributed by atoms with van der Waals surface area (Å²) in [5, 5.41) is 2.12. The quantitative estimate of drug-likeness (QED) is 0.649. The zero-order valence-electron chi connectivity index (χ0n) is 22.4. The Kier molecular flexibility index (Phi) is 5.06. The van der Waals surface area contributed by atoms with E-state index in [0.29, 0.717) is 31.9 Å². The fourth-order valence-electron chi connectivity index (χ4n) is 4.34. The second-order valence-electron chi connectivity index (χ2n) is 8.32. The normalized spacial score (nSPS) is 24.7. The van der Waals surface area contributed by atoms with Crippen LogP contribution in [0, 0.1) is 5.82 Å². The lowest BCUT2D eigenvalue weighted by atomic mass is 10.0. The summed E-state index contributed by atoms with van der Waals surface area (Å²) in [6.45, 7) is 1.66. The Morgan fingerprint density at radius 1 is 1.21 bits per heavy atom. The lowest BCUT2D eigenvalue weighted by Crippen LogP contribution is -2.52. The SMILES string of the molecule is [2H]c1c([2H])c(COc2cccc3c2CN(C2([2H])CCC(=O)NC2=O)C3=O)c(F)c(CN2CCOCC2)c1[2H]. The van der Waals surface area contributed by atoms with Gasteiger partial charge in [0.15, 0.2) is 0 Å². The molecule has 0 radical (unpaired) electrons. The number of carbonyl (C=O) groups excluding carboxylic acids is 3. The van der Waals surface area contributed by atoms with Crippen molar-refractivity contribution in [1.29, 1.82) is 0 Å². The number of rotatable bonds is 6. The van der Waals surface area contributed by atoms with E-state index in [0.717, 1.165) is 4.90 Å². The Labute approximate surface area is 202 Å². The molecule has 2 fully saturated rings. The highest BCUT2D eigenvalue weighted by Gasteiger charge is 2.40. The van der Waals surface area contributed by atoms with E-state index < -0.39 is 48.2 Å². The Morgan fingerprint density at radius 3 is 2.79 bits per heavy atom. The Hall–Kier alpha value is -3.30. The van der Waals surface area contributed by atoms with Gasteiger partial charge in [0.1, 0.15) is 24.2 Å². The van der Waals surface area contributed by atoms with Crippen molar-refractivity contribution in [3.05, 3.63) is 64.4 Å². The number of piperidine rings is 1. The van der Waals surface area contributed by atoms with Crippen LogP contribution in [0.1, 0.15) is 45.4 Å². The Balaban J connectivity index is 1.40. The number of morpholine rings is 1. The van der Waals surface area contributed by atoms with Crippen LogP contribution in [0.25, 0.3) is 0 Å². The molecule has 1 unspecified atom stereocenters. The molecule has 0 spiro atoms. The van der Waals surface area contributed by atoms with Crippen LogP contribution in [0.15, 0.2) is 36.3 Å². The Bertz CT molecular complexity index is 1340. The maximum Gasteiger partial charge on any atom is 0.255 e. The molecule has 178 valence electrons. The van der Waals surface area contributed by atoms with Gasteiger partial charge in [0.05, 0.1) is 25.2 Å². The van der Waals surface area contributed by atoms with Crippen molar-refractivity contribution >= 4 is 17.7 Å². The lowest BCUT2D eigenvalue weighted by molar-refractivity contribution is -0.136. The number of fused-ring (bicyclic) bond motifs is 1. The fourth-order valence-corrected chi connectivity index (χ4v) is 4.34. The zero-order valence-corrected chi connectivity index (χ0v) is 18.4. The van der Waals surface area contributed by atoms with Crippen LogP contribution in [0.2, 0.25) is 0 Å². The molecule has 2 aromatic rings. The molecule has 34 heavy (non-hydrogen) atoms. The van der Waals surface area contributed by atoms with Crippen LogP contribution in [0.4, 0.5) is 4.39 Å². The van der Waals surface area contributed by atoms with E-state index in [4.69, 9.17) is 15.0 Å². The van der Waals surface area contributed by atoms with Crippen molar-refractivity contribution in [2.75, 3.05) is 26.3 Å². The molecule has 3 aliphatic heterocycles. The number of nitrogens with zero attached hydrogens (tertiary/aromatic N) is 2. The summed E-state index contributed by atoms with van der Waals surface area (Å²) < 4.78 is 60.1. The maximum atomic E-state index is 15.6. The predicted octanol–water partition coefficient (Wildman–Crippen LogP) is 2.00. The van der Waals surface area contributed by atoms with E-state index >= 15 is 4.39 Å². The van der Waals surface area contributed by atoms with Crippen LogP contribution >= 0.6 is 0 Å². The number of carbonyl (C=O) groups is 3. The number of hydrogen-bond acceptors (Lipinski definition) is 6. The second-order valence-corrected chi connectivity index (χ2v) is 8.32. The molecule has 3 aliphatic rings. The van der Waals surface area contributed by atoms with Gasteiger partial charge in [-0.15, -0.1) is 0 Å². The number of ether oxygens (including phenoxy) is 2. The van der Waals surface area contributed by atoms with Gasteiger partial charge in [-0.05, 0) is 18.6 Å². The number of amides is 3. The minimum Gasteiger partial charge on any atom is -0.488 e. The zero-order chi connectivity index (χ0) is 27.2. The molecule has 2 aromatic carbocycles. The van der Waals surface area contributed by atoms with Crippen molar-refractivity contribution < 1.29 is 33.7 Å². The molecule has 3 amide bonds. The van der Waals surface area contributed by atoms with Crippen molar-refractivity contribution in [1.82, 2.24) is 15.1 Å². The second kappa shape index (κ2) is 9.52. The molecule has 1 atom stereocenters. The summed E-state index contributed by atoms with van der Waals surface area (Å²) in [7, 11) is 0. The van der Waals surface area contributed by atoms with Crippen molar-refractivity contribution in [2.45, 2.75) is 38.6 Å². The molecule has 0 bridgehead atoms. The molecule has 5 rings (SSSR count). The summed E-state index contributed by atoms with van der Waals surface area (Å²) >= 11 is 0. The first-order valence-electron chi connectivity index (χ1n) is 13.1. The average Bonchev–Trinajstić information content (AvgIpc) is 3.26. The number of nitrogens with one attached hydrogen (secondary N) is 1. The number of halogens is 1. The van der Waals surface area contributed by atoms with Crippen LogP contribution < -0.4 is 10.1 Å². The largest absolute Gasteiger partial charge is 0.488 e. The molecule has 1 N–H and O–H groups in total. The van der Waals surface area contributed by atoms with Crippen LogP contribution in [-0.2, 0) is 34.0 Å². The van der Waals surface area contributed by atoms with Gasteiger partial charge in [-0.3, -0.25) is 24.6 Å². The van der Waals surface area contributed by atoms with E-state index in [-0.39, 0.29) is 54.4 Å². The van der Waals surface area contributed by atoms with Crippen LogP contribution in [0.5, 0.6) is 5.75 Å². The van der Waals surface area contributed by atoms with Crippen molar-refractivity contribution in [2.24, 2.45) is 0 Å². The molecule has 9 heteroatoms. The van der Waals surface area contributed by atoms with Gasteiger partial charge in [-0.2, -0.15) is 0 Å². The van der Waals surface area contributed by atoms with Gasteiger partial charge >= 0.3 is 0 Å². The molecule has 0 aliphatic carbocycles. The fraction of sp³-hybridized carbons (Fsp3) is 0.400. The van der Waals surface area contributed by atoms with E-state index in [1.54, 1.807) is 12.1 Å². The van der Waals surface area contributed by atoms with E-state index in [1.807, 2.05) is 4.90 Å². The molecular weight excluding hydrogens is 441 g/mol. The maximum absolute atomic E-state index is 15.6. The molecule has 0 saturated carbocycles. The first-order chi connectivity index (χ1) is 18.1. The highest BCUT2D eigenvalue weighted by molar-refractivity contribution is 6.05. The summed E-state index contributed by atoms with van der Waals surface area (Å²) in [6.07, 6.45) is -0.211. The van der Waals surface area contributed by atoms with Gasteiger partial charge in [0.2, 0.25) is 11.8 Å². The summed E-state index contributed by atoms with van der Waals surface area (Å²) in [5.74, 6) is -2.49. The van der Waals surface area contributed by atoms with Gasteiger partial charge in [0.25, 0.3) is 5.91 Å². The minimum absolute atomic E-state index is 0.0140. The van der Waals surface area contributed by atoms with Gasteiger partial charge in [-0.25, -0.2) is 4.39 Å². The predicted molar refractivity (Wildman–Crippen MR) is 119 cm³/mol. The standard InChI is InChI=1S/C25H26FN3O5/c26-23-16(13-28-9-11-33-12-10-28)3-1-4-17(23)15-34-21-6-2-5-18-19(21)14-29(25(18)32)20-7-8-22(30)27-24(20)31/h1-6,20H,7-15H2,(H,27,30,31)/i1D,3D,4D,20D. The third-order valence-electron chi connectivity index (χ3n) is 6.17. The summed E-state index contributed by atoms with van der Waals surface area (Å²) in [5.41, 5.74) is 0.467. The lowest BCUT2D eigenvalue weighted by Gasteiger charge is -2.29. The number of benzene rings is 2. The number of hydrogen-bond donors (Lipinski definition) is 1. The van der Waals surface area contributed by atoms with Gasteiger partial charge in [0, 0.05) is 48.3 Å². The third-order valence-corrected chi connectivity index (χ3v) is 6.17. The van der Waals surface area contributed by atoms with E-state index in [1.165, 1.54) is 6.07 Å². The highest BCUT2D eigenvalue weighted by atomic mass is 19.1. The number of imide groups is 1. The van der Waals surface area contributed by atoms with E-state index in [9.17, 15) is 14.4 Å².